The summed E-state index contributed by atoms with van der Waals surface area (Å²) in [6, 6.07) is 30.1. The highest BCUT2D eigenvalue weighted by Crippen LogP contribution is 2.40. The largest absolute Gasteiger partial charge is 0.444 e. The molecule has 12 heterocycles. The number of halogens is 2. The van der Waals surface area contributed by atoms with Gasteiger partial charge in [-0.25, -0.2) is 57.6 Å². The zero-order chi connectivity index (χ0) is 90.8. The molecule has 0 unspecified atom stereocenters. The average molecular weight is 1780 g/mol. The van der Waals surface area contributed by atoms with Crippen LogP contribution >= 0.6 is 36.6 Å². The van der Waals surface area contributed by atoms with Crippen molar-refractivity contribution in [2.24, 2.45) is 0 Å². The van der Waals surface area contributed by atoms with Crippen LogP contribution in [0.4, 0.5) is 38.5 Å². The van der Waals surface area contributed by atoms with Crippen molar-refractivity contribution in [2.75, 3.05) is 42.3 Å². The number of nitrogens with zero attached hydrogens (tertiary/aromatic N) is 17. The van der Waals surface area contributed by atoms with Crippen LogP contribution in [-0.4, -0.2) is 132 Å². The number of anilines is 5. The summed E-state index contributed by atoms with van der Waals surface area (Å²) in [5, 5.41) is 12.3. The number of nitrogens with one attached hydrogen (secondary N) is 3. The van der Waals surface area contributed by atoms with Gasteiger partial charge < -0.3 is 41.0 Å². The molecular formula is C95H127Cl2N21O7S. The number of carbonyl (C=O) groups is 2. The van der Waals surface area contributed by atoms with E-state index in [0.717, 1.165) is 75.4 Å². The molecule has 28 nitrogen and oxygen atoms in total. The number of carbonyl (C=O) groups excluding carboxylic acids is 2. The van der Waals surface area contributed by atoms with E-state index < -0.39 is 11.2 Å². The molecule has 0 saturated carbocycles. The molecule has 9 aromatic heterocycles. The summed E-state index contributed by atoms with van der Waals surface area (Å²) < 4.78 is 22.0. The number of nitrogens with two attached hydrogens (primary N) is 1. The van der Waals surface area contributed by atoms with Gasteiger partial charge >= 0.3 is 12.2 Å². The first kappa shape index (κ1) is 97.2. The molecule has 3 aromatic carbocycles. The van der Waals surface area contributed by atoms with Crippen LogP contribution in [0.15, 0.2) is 148 Å². The van der Waals surface area contributed by atoms with Gasteiger partial charge in [-0.2, -0.15) is 9.97 Å². The second kappa shape index (κ2) is 36.8. The molecule has 2 amide bonds. The van der Waals surface area contributed by atoms with Crippen molar-refractivity contribution in [3.05, 3.63) is 210 Å². The number of thioether (sulfide) groups is 1. The minimum atomic E-state index is -0.569. The van der Waals surface area contributed by atoms with Crippen LogP contribution in [0.3, 0.4) is 0 Å². The third kappa shape index (κ3) is 21.3. The van der Waals surface area contributed by atoms with Crippen molar-refractivity contribution in [3.63, 3.8) is 0 Å². The fourth-order valence-electron chi connectivity index (χ4n) is 16.0. The first-order valence-electron chi connectivity index (χ1n) is 42.5. The Hall–Kier alpha value is -11.0. The second-order valence-corrected chi connectivity index (χ2v) is 41.2. The maximum atomic E-state index is 13.5. The van der Waals surface area contributed by atoms with Gasteiger partial charge in [-0.3, -0.25) is 29.3 Å². The lowest BCUT2D eigenvalue weighted by atomic mass is 9.78. The van der Waals surface area contributed by atoms with Gasteiger partial charge in [0.25, 0.3) is 16.7 Å². The number of benzene rings is 3. The lowest BCUT2D eigenvalue weighted by molar-refractivity contribution is 0.0165. The Bertz CT molecular complexity index is 6220. The fraction of sp³-hybridized carbons (Fsp3) is 0.474. The van der Waals surface area contributed by atoms with E-state index in [0.29, 0.717) is 76.3 Å². The zero-order valence-electron chi connectivity index (χ0n) is 78.4. The molecule has 126 heavy (non-hydrogen) atoms. The van der Waals surface area contributed by atoms with Crippen LogP contribution in [0, 0.1) is 0 Å². The smallest absolute Gasteiger partial charge is 0.410 e. The molecule has 3 aliphatic rings. The summed E-state index contributed by atoms with van der Waals surface area (Å²) in [6.45, 7) is 59.3. The van der Waals surface area contributed by atoms with Crippen LogP contribution in [0.2, 0.25) is 0 Å². The van der Waals surface area contributed by atoms with Crippen molar-refractivity contribution in [1.82, 2.24) is 88.1 Å². The number of ether oxygens (including phenoxy) is 2. The van der Waals surface area contributed by atoms with Crippen LogP contribution < -0.4 is 38.4 Å². The number of aromatic nitrogens is 15. The van der Waals surface area contributed by atoms with Gasteiger partial charge in [-0.05, 0) is 196 Å². The van der Waals surface area contributed by atoms with E-state index in [9.17, 15) is 24.0 Å². The van der Waals surface area contributed by atoms with Gasteiger partial charge in [-0.1, -0.05) is 134 Å². The Kier molecular flexibility index (Phi) is 28.3. The summed E-state index contributed by atoms with van der Waals surface area (Å²) in [5.74, 6) is 0.816. The van der Waals surface area contributed by atoms with Gasteiger partial charge in [0.2, 0.25) is 11.9 Å². The maximum absolute atomic E-state index is 13.5. The molecule has 15 rings (SSSR count). The predicted octanol–water partition coefficient (Wildman–Crippen LogP) is 19.3. The van der Waals surface area contributed by atoms with E-state index in [1.54, 1.807) is 61.0 Å². The number of hydrogen-bond donors (Lipinski definition) is 4. The Morgan fingerprint density at radius 2 is 0.794 bits per heavy atom. The van der Waals surface area contributed by atoms with Gasteiger partial charge in [0.15, 0.2) is 22.1 Å². The molecule has 0 bridgehead atoms. The van der Waals surface area contributed by atoms with Gasteiger partial charge in [0.1, 0.15) is 27.4 Å². The molecule has 0 aliphatic carbocycles. The fourth-order valence-corrected chi connectivity index (χ4v) is 16.3. The van der Waals surface area contributed by atoms with Crippen molar-refractivity contribution >= 4 is 111 Å². The predicted molar refractivity (Wildman–Crippen MR) is 511 cm³/mol. The minimum Gasteiger partial charge on any atom is -0.444 e. The summed E-state index contributed by atoms with van der Waals surface area (Å²) in [4.78, 5) is 110. The molecule has 12 aromatic rings. The molecule has 0 radical (unpaired) electrons. The van der Waals surface area contributed by atoms with Crippen LogP contribution in [-0.2, 0) is 61.6 Å². The summed E-state index contributed by atoms with van der Waals surface area (Å²) >= 11 is 1.46. The lowest BCUT2D eigenvalue weighted by Crippen LogP contribution is -2.46. The highest BCUT2D eigenvalue weighted by Gasteiger charge is 2.39. The van der Waals surface area contributed by atoms with E-state index in [4.69, 9.17) is 25.2 Å². The zero-order valence-corrected chi connectivity index (χ0v) is 80.8. The third-order valence-corrected chi connectivity index (χ3v) is 22.4. The minimum absolute atomic E-state index is 0. The third-order valence-electron chi connectivity index (χ3n) is 21.9. The quantitative estimate of drug-likeness (QED) is 0.0531. The van der Waals surface area contributed by atoms with Crippen molar-refractivity contribution < 1.29 is 19.1 Å². The van der Waals surface area contributed by atoms with Gasteiger partial charge in [0, 0.05) is 161 Å². The van der Waals surface area contributed by atoms with E-state index in [2.05, 4.69) is 185 Å². The molecule has 0 fully saturated rings. The van der Waals surface area contributed by atoms with Crippen LogP contribution in [0.25, 0.3) is 50.2 Å². The van der Waals surface area contributed by atoms with Crippen molar-refractivity contribution in [3.8, 4) is 17.1 Å². The molecular weight excluding hydrogens is 1650 g/mol. The summed E-state index contributed by atoms with van der Waals surface area (Å²) in [5.41, 5.74) is 20.6. The Balaban J connectivity index is 0.000000181. The number of pyridine rings is 3. The molecule has 5 N–H and O–H groups in total. The van der Waals surface area contributed by atoms with E-state index in [1.165, 1.54) is 34.0 Å². The number of fused-ring (bicyclic) bond motifs is 6. The SMILES string of the molecule is CC(C)(C)OC(=O)N1Cc2cc(N)ccc2C(C)(C)C1.CC(C)n1c(=O)c2cnc(Nc3ccc4c(c3)CN(C(=O)OC(C)(C)C)CC4(C)C)nc2n1-c1ccnc(C(C)(C)C)c1.CC(C)n1c(=O)c2cnc(Nc3ccc4c(c3)CNCC4(C)C)nc2n1-c1ccnc(C(C)(C)C)c1.CSc1ncc2c(=O)n(C(C)C)n(-c3ccnc(C(C)(C)C)c3)c2n1.Cl.Cl. The molecule has 3 aliphatic heterocycles. The average Bonchev–Trinajstić information content (AvgIpc) is 1.59. The molecule has 674 valence electrons. The Morgan fingerprint density at radius 3 is 1.15 bits per heavy atom. The molecule has 0 atom stereocenters. The summed E-state index contributed by atoms with van der Waals surface area (Å²) in [6.07, 6.45) is 11.5. The topological polar surface area (TPSA) is 318 Å². The number of nitrogen functional groups attached to an aromatic ring is 1. The highest BCUT2D eigenvalue weighted by molar-refractivity contribution is 7.98. The van der Waals surface area contributed by atoms with Gasteiger partial charge in [-0.15, -0.1) is 24.8 Å². The lowest BCUT2D eigenvalue weighted by Gasteiger charge is -2.40. The molecule has 31 heteroatoms. The number of amides is 2. The highest BCUT2D eigenvalue weighted by atomic mass is 35.5. The van der Waals surface area contributed by atoms with Crippen LogP contribution in [0.1, 0.15) is 256 Å². The van der Waals surface area contributed by atoms with E-state index in [-0.39, 0.29) is 104 Å². The monoisotopic (exact) mass is 1780 g/mol. The standard InChI is InChI=1S/C33H43N7O3.C28H35N7O.C18H23N5OS.C16H24N2O2.2ClH/c1-20(2)39-28(41)24-17-35-29(37-27(24)40(39)23-13-14-34-26(16-23)31(3,4)5)36-22-11-12-25-21(15-22)18-38(19-33(25,9)10)30(42)43-32(6,7)8;1-17(2)34-25(36)21-15-31-26(32-19-8-9-22-18(12-19)14-29-16-28(22,6)7)33-24(21)35(34)20-10-11-30-23(13-20)27(3,4)5;1-11(2)22-16(24)13-10-20-17(25-6)21-15(13)23(22)12-7-8-19-14(9-12)18(3,4)5;1-15(2,3)20-14(19)18-9-11-8-12(17)6-7-13(11)16(4,5)10-18;;/h11-17,20H,18-19H2,1-10H3,(H,35,36,37);8-13,15,17,29H,14,16H2,1-7H3,(H,31,32,33);7-11H,1-6H3;6-8H,9-10,17H2,1-5H3;2*1H. The van der Waals surface area contributed by atoms with Crippen LogP contribution in [0.5, 0.6) is 0 Å². The Morgan fingerprint density at radius 1 is 0.452 bits per heavy atom. The molecule has 0 saturated heterocycles. The van der Waals surface area contributed by atoms with E-state index >= 15 is 0 Å². The second-order valence-electron chi connectivity index (χ2n) is 40.4. The number of hydrogen-bond acceptors (Lipinski definition) is 21. The van der Waals surface area contributed by atoms with E-state index in [1.807, 2.05) is 164 Å². The molecule has 0 spiro atoms. The Labute approximate surface area is 755 Å². The van der Waals surface area contributed by atoms with Gasteiger partial charge in [0.05, 0.1) is 17.1 Å². The first-order valence-corrected chi connectivity index (χ1v) is 43.8. The van der Waals surface area contributed by atoms with Crippen molar-refractivity contribution in [2.45, 2.75) is 274 Å². The maximum Gasteiger partial charge on any atom is 0.410 e. The first-order chi connectivity index (χ1) is 57.7. The number of rotatable bonds is 11. The van der Waals surface area contributed by atoms with Crippen molar-refractivity contribution in [1.29, 1.82) is 0 Å². The normalized spacial score (nSPS) is 14.8. The summed E-state index contributed by atoms with van der Waals surface area (Å²) in [7, 11) is 0.